The van der Waals surface area contributed by atoms with Gasteiger partial charge in [-0.2, -0.15) is 0 Å². The fourth-order valence-electron chi connectivity index (χ4n) is 2.81. The van der Waals surface area contributed by atoms with Crippen molar-refractivity contribution in [2.24, 2.45) is 0 Å². The Balaban J connectivity index is 2.07. The van der Waals surface area contributed by atoms with Gasteiger partial charge in [0.2, 0.25) is 0 Å². The van der Waals surface area contributed by atoms with Crippen molar-refractivity contribution in [2.75, 3.05) is 13.2 Å². The molecule has 0 unspecified atom stereocenters. The van der Waals surface area contributed by atoms with E-state index in [1.54, 1.807) is 0 Å². The standard InChI is InChI=1S/C17H34N2O3/c1-17(2,3)22-16(21)19-15-10-8-14(9-11-15)18-12-6-4-5-7-13-20/h14-15,18,20H,4-13H2,1-3H3,(H,19,21). The molecule has 0 saturated heterocycles. The number of ether oxygens (including phenoxy) is 1. The van der Waals surface area contributed by atoms with Crippen LogP contribution in [0.2, 0.25) is 0 Å². The third kappa shape index (κ3) is 9.26. The molecule has 0 aromatic carbocycles. The first-order valence-corrected chi connectivity index (χ1v) is 8.74. The van der Waals surface area contributed by atoms with Crippen LogP contribution in [0.5, 0.6) is 0 Å². The molecule has 0 atom stereocenters. The van der Waals surface area contributed by atoms with Crippen molar-refractivity contribution in [3.05, 3.63) is 0 Å². The molecule has 1 fully saturated rings. The number of carbonyl (C=O) groups excluding carboxylic acids is 1. The predicted octanol–water partition coefficient (Wildman–Crippen LogP) is 2.96. The van der Waals surface area contributed by atoms with Crippen LogP contribution < -0.4 is 10.6 Å². The molecule has 130 valence electrons. The molecule has 1 amide bonds. The first-order chi connectivity index (χ1) is 10.4. The fourth-order valence-corrected chi connectivity index (χ4v) is 2.81. The van der Waals surface area contributed by atoms with Gasteiger partial charge < -0.3 is 20.5 Å². The van der Waals surface area contributed by atoms with Crippen LogP contribution in [0.3, 0.4) is 0 Å². The zero-order valence-corrected chi connectivity index (χ0v) is 14.5. The second-order valence-electron chi connectivity index (χ2n) is 7.29. The Morgan fingerprint density at radius 2 is 1.64 bits per heavy atom. The van der Waals surface area contributed by atoms with Gasteiger partial charge in [0.15, 0.2) is 0 Å². The molecule has 0 spiro atoms. The lowest BCUT2D eigenvalue weighted by molar-refractivity contribution is 0.0490. The van der Waals surface area contributed by atoms with Crippen LogP contribution in [-0.2, 0) is 4.74 Å². The smallest absolute Gasteiger partial charge is 0.407 e. The highest BCUT2D eigenvalue weighted by molar-refractivity contribution is 5.68. The lowest BCUT2D eigenvalue weighted by atomic mass is 9.91. The first kappa shape index (κ1) is 19.2. The molecular formula is C17H34N2O3. The number of nitrogens with one attached hydrogen (secondary N) is 2. The molecule has 3 N–H and O–H groups in total. The van der Waals surface area contributed by atoms with Gasteiger partial charge in [-0.15, -0.1) is 0 Å². The van der Waals surface area contributed by atoms with Crippen molar-refractivity contribution < 1.29 is 14.6 Å². The summed E-state index contributed by atoms with van der Waals surface area (Å²) in [7, 11) is 0. The zero-order chi connectivity index (χ0) is 16.4. The molecule has 22 heavy (non-hydrogen) atoms. The quantitative estimate of drug-likeness (QED) is 0.602. The molecule has 5 nitrogen and oxygen atoms in total. The topological polar surface area (TPSA) is 70.6 Å². The predicted molar refractivity (Wildman–Crippen MR) is 89.0 cm³/mol. The zero-order valence-electron chi connectivity index (χ0n) is 14.5. The second-order valence-corrected chi connectivity index (χ2v) is 7.29. The lowest BCUT2D eigenvalue weighted by Gasteiger charge is -2.30. The lowest BCUT2D eigenvalue weighted by Crippen LogP contribution is -2.44. The fraction of sp³-hybridized carbons (Fsp3) is 0.941. The van der Waals surface area contributed by atoms with Crippen molar-refractivity contribution in [1.29, 1.82) is 0 Å². The van der Waals surface area contributed by atoms with Crippen molar-refractivity contribution in [3.8, 4) is 0 Å². The maximum absolute atomic E-state index is 11.7. The minimum absolute atomic E-state index is 0.248. The number of amides is 1. The minimum atomic E-state index is -0.432. The summed E-state index contributed by atoms with van der Waals surface area (Å²) in [6.45, 7) is 7.01. The molecule has 0 bridgehead atoms. The van der Waals surface area contributed by atoms with Crippen LogP contribution in [0, 0.1) is 0 Å². The summed E-state index contributed by atoms with van der Waals surface area (Å²) < 4.78 is 5.30. The van der Waals surface area contributed by atoms with Crippen molar-refractivity contribution >= 4 is 6.09 Å². The second kappa shape index (κ2) is 10.1. The van der Waals surface area contributed by atoms with E-state index in [1.807, 2.05) is 20.8 Å². The Bertz CT molecular complexity index is 308. The molecule has 0 radical (unpaired) electrons. The number of alkyl carbamates (subject to hydrolysis) is 1. The van der Waals surface area contributed by atoms with E-state index >= 15 is 0 Å². The molecule has 1 aliphatic carbocycles. The van der Waals surface area contributed by atoms with E-state index < -0.39 is 5.60 Å². The number of aliphatic hydroxyl groups excluding tert-OH is 1. The molecule has 0 aliphatic heterocycles. The summed E-state index contributed by atoms with van der Waals surface area (Å²) in [5, 5.41) is 15.3. The summed E-state index contributed by atoms with van der Waals surface area (Å²) in [4.78, 5) is 11.7. The normalized spacial score (nSPS) is 22.4. The van der Waals surface area contributed by atoms with Gasteiger partial charge in [0.25, 0.3) is 0 Å². The number of unbranched alkanes of at least 4 members (excludes halogenated alkanes) is 3. The molecule has 0 aromatic heterocycles. The summed E-state index contributed by atoms with van der Waals surface area (Å²) in [6, 6.07) is 0.826. The first-order valence-electron chi connectivity index (χ1n) is 8.74. The van der Waals surface area contributed by atoms with E-state index in [4.69, 9.17) is 9.84 Å². The molecule has 1 saturated carbocycles. The summed E-state index contributed by atoms with van der Waals surface area (Å²) in [6.07, 6.45) is 8.34. The van der Waals surface area contributed by atoms with E-state index in [9.17, 15) is 4.79 Å². The van der Waals surface area contributed by atoms with Gasteiger partial charge in [0.05, 0.1) is 0 Å². The van der Waals surface area contributed by atoms with E-state index in [0.29, 0.717) is 12.6 Å². The number of hydrogen-bond acceptors (Lipinski definition) is 4. The Kier molecular flexibility index (Phi) is 8.79. The van der Waals surface area contributed by atoms with Gasteiger partial charge >= 0.3 is 6.09 Å². The van der Waals surface area contributed by atoms with Crippen molar-refractivity contribution in [2.45, 2.75) is 89.8 Å². The molecule has 5 heteroatoms. The molecule has 0 heterocycles. The maximum atomic E-state index is 11.7. The summed E-state index contributed by atoms with van der Waals surface area (Å²) in [5.41, 5.74) is -0.432. The largest absolute Gasteiger partial charge is 0.444 e. The number of aliphatic hydroxyl groups is 1. The van der Waals surface area contributed by atoms with Gasteiger partial charge in [0, 0.05) is 18.7 Å². The van der Waals surface area contributed by atoms with Crippen molar-refractivity contribution in [1.82, 2.24) is 10.6 Å². The molecule has 0 aromatic rings. The Morgan fingerprint density at radius 3 is 2.23 bits per heavy atom. The average Bonchev–Trinajstić information content (AvgIpc) is 2.42. The summed E-state index contributed by atoms with van der Waals surface area (Å²) >= 11 is 0. The minimum Gasteiger partial charge on any atom is -0.444 e. The van der Waals surface area contributed by atoms with Crippen LogP contribution in [-0.4, -0.2) is 42.0 Å². The van der Waals surface area contributed by atoms with Crippen LogP contribution in [0.25, 0.3) is 0 Å². The average molecular weight is 314 g/mol. The van der Waals surface area contributed by atoms with Gasteiger partial charge in [-0.25, -0.2) is 4.79 Å². The number of rotatable bonds is 8. The number of hydrogen-bond donors (Lipinski definition) is 3. The maximum Gasteiger partial charge on any atom is 0.407 e. The highest BCUT2D eigenvalue weighted by Crippen LogP contribution is 2.19. The van der Waals surface area contributed by atoms with Gasteiger partial charge in [0.1, 0.15) is 5.60 Å². The third-order valence-electron chi connectivity index (χ3n) is 3.97. The van der Waals surface area contributed by atoms with Crippen LogP contribution >= 0.6 is 0 Å². The van der Waals surface area contributed by atoms with E-state index in [0.717, 1.165) is 45.1 Å². The van der Waals surface area contributed by atoms with Gasteiger partial charge in [-0.05, 0) is 65.8 Å². The Hall–Kier alpha value is -0.810. The Morgan fingerprint density at radius 1 is 1.05 bits per heavy atom. The van der Waals surface area contributed by atoms with Gasteiger partial charge in [-0.3, -0.25) is 0 Å². The van der Waals surface area contributed by atoms with E-state index in [2.05, 4.69) is 10.6 Å². The SMILES string of the molecule is CC(C)(C)OC(=O)NC1CCC(NCCCCCCO)CC1. The molecular weight excluding hydrogens is 280 g/mol. The van der Waals surface area contributed by atoms with E-state index in [-0.39, 0.29) is 12.1 Å². The molecule has 1 aliphatic rings. The van der Waals surface area contributed by atoms with Crippen LogP contribution in [0.15, 0.2) is 0 Å². The number of carbonyl (C=O) groups is 1. The van der Waals surface area contributed by atoms with Gasteiger partial charge in [-0.1, -0.05) is 12.8 Å². The highest BCUT2D eigenvalue weighted by Gasteiger charge is 2.24. The third-order valence-corrected chi connectivity index (χ3v) is 3.97. The van der Waals surface area contributed by atoms with Crippen LogP contribution in [0.1, 0.15) is 72.1 Å². The monoisotopic (exact) mass is 314 g/mol. The highest BCUT2D eigenvalue weighted by atomic mass is 16.6. The van der Waals surface area contributed by atoms with Crippen molar-refractivity contribution in [3.63, 3.8) is 0 Å². The summed E-state index contributed by atoms with van der Waals surface area (Å²) in [5.74, 6) is 0. The van der Waals surface area contributed by atoms with Crippen LogP contribution in [0.4, 0.5) is 4.79 Å². The van der Waals surface area contributed by atoms with E-state index in [1.165, 1.54) is 12.8 Å². The Labute approximate surface area is 135 Å². The molecule has 1 rings (SSSR count).